The molecule has 0 aromatic heterocycles. The van der Waals surface area contributed by atoms with E-state index in [4.69, 9.17) is 11.6 Å². The zero-order valence-corrected chi connectivity index (χ0v) is 9.34. The number of benzene rings is 1. The molecule has 0 amide bonds. The minimum absolute atomic E-state index is 0.00520. The topological polar surface area (TPSA) is 32.6 Å². The van der Waals surface area contributed by atoms with Gasteiger partial charge in [-0.05, 0) is 23.6 Å². The van der Waals surface area contributed by atoms with Gasteiger partial charge in [0.1, 0.15) is 11.4 Å². The van der Waals surface area contributed by atoms with Crippen LogP contribution in [0.1, 0.15) is 20.8 Å². The van der Waals surface area contributed by atoms with E-state index >= 15 is 0 Å². The van der Waals surface area contributed by atoms with Crippen molar-refractivity contribution in [3.63, 3.8) is 0 Å². The van der Waals surface area contributed by atoms with E-state index in [1.165, 1.54) is 6.07 Å². The molecule has 0 aliphatic rings. The van der Waals surface area contributed by atoms with Crippen LogP contribution in [0, 0.1) is 5.41 Å². The normalized spacial score (nSPS) is 12.3. The minimum atomic E-state index is -0.00520. The molecule has 0 saturated heterocycles. The fourth-order valence-corrected chi connectivity index (χ4v) is 1.03. The van der Waals surface area contributed by atoms with Crippen LogP contribution >= 0.6 is 11.6 Å². The van der Waals surface area contributed by atoms with Crippen molar-refractivity contribution >= 4 is 23.5 Å². The molecule has 0 aliphatic carbocycles. The van der Waals surface area contributed by atoms with Crippen molar-refractivity contribution in [1.82, 2.24) is 0 Å². The smallest absolute Gasteiger partial charge is 0.141 e. The molecule has 0 heterocycles. The molecule has 1 aromatic rings. The Morgan fingerprint density at radius 2 is 2.00 bits per heavy atom. The van der Waals surface area contributed by atoms with Crippen LogP contribution in [0.15, 0.2) is 23.2 Å². The quantitative estimate of drug-likeness (QED) is 0.705. The summed E-state index contributed by atoms with van der Waals surface area (Å²) >= 11 is 5.78. The summed E-state index contributed by atoms with van der Waals surface area (Å²) in [5, 5.41) is 10.0. The average Bonchev–Trinajstić information content (AvgIpc) is 2.05. The van der Waals surface area contributed by atoms with Crippen molar-refractivity contribution in [2.24, 2.45) is 10.4 Å². The van der Waals surface area contributed by atoms with Gasteiger partial charge in [-0.2, -0.15) is 0 Å². The third-order valence-electron chi connectivity index (χ3n) is 1.53. The highest BCUT2D eigenvalue weighted by atomic mass is 35.5. The number of rotatable bonds is 1. The molecule has 0 aliphatic heterocycles. The molecule has 14 heavy (non-hydrogen) atoms. The van der Waals surface area contributed by atoms with E-state index in [-0.39, 0.29) is 11.2 Å². The van der Waals surface area contributed by atoms with E-state index in [1.807, 2.05) is 20.8 Å². The van der Waals surface area contributed by atoms with Crippen LogP contribution in [0.2, 0.25) is 5.02 Å². The van der Waals surface area contributed by atoms with Gasteiger partial charge < -0.3 is 5.11 Å². The van der Waals surface area contributed by atoms with Gasteiger partial charge in [-0.1, -0.05) is 32.4 Å². The summed E-state index contributed by atoms with van der Waals surface area (Å²) in [6.45, 7) is 6.12. The summed E-state index contributed by atoms with van der Waals surface area (Å²) in [6, 6.07) is 4.81. The minimum Gasteiger partial charge on any atom is -0.506 e. The van der Waals surface area contributed by atoms with Crippen molar-refractivity contribution < 1.29 is 5.11 Å². The molecule has 0 atom stereocenters. The molecular formula is C11H14ClNO. The van der Waals surface area contributed by atoms with E-state index in [0.717, 1.165) is 0 Å². The second kappa shape index (κ2) is 4.01. The Kier molecular flexibility index (Phi) is 3.17. The highest BCUT2D eigenvalue weighted by Gasteiger charge is 2.06. The first kappa shape index (κ1) is 11.1. The van der Waals surface area contributed by atoms with Crippen molar-refractivity contribution in [1.29, 1.82) is 0 Å². The lowest BCUT2D eigenvalue weighted by Gasteiger charge is -2.10. The van der Waals surface area contributed by atoms with E-state index in [2.05, 4.69) is 4.99 Å². The first-order valence-corrected chi connectivity index (χ1v) is 4.80. The molecule has 1 N–H and O–H groups in total. The fourth-order valence-electron chi connectivity index (χ4n) is 0.863. The van der Waals surface area contributed by atoms with Crippen molar-refractivity contribution in [2.45, 2.75) is 20.8 Å². The number of phenolic OH excluding ortho intramolecular Hbond substituents is 1. The Morgan fingerprint density at radius 1 is 1.36 bits per heavy atom. The molecule has 1 aromatic carbocycles. The van der Waals surface area contributed by atoms with Crippen LogP contribution in [-0.2, 0) is 0 Å². The van der Waals surface area contributed by atoms with Gasteiger partial charge in [0.15, 0.2) is 0 Å². The first-order chi connectivity index (χ1) is 6.38. The van der Waals surface area contributed by atoms with E-state index in [9.17, 15) is 5.11 Å². The van der Waals surface area contributed by atoms with Crippen LogP contribution in [0.5, 0.6) is 5.75 Å². The summed E-state index contributed by atoms with van der Waals surface area (Å²) < 4.78 is 0. The molecular weight excluding hydrogens is 198 g/mol. The standard InChI is InChI=1S/C11H14ClNO/c1-11(2,3)7-13-9-6-8(12)4-5-10(9)14/h4-7,14H,1-3H3. The van der Waals surface area contributed by atoms with Crippen LogP contribution in [0.25, 0.3) is 0 Å². The maximum atomic E-state index is 9.46. The van der Waals surface area contributed by atoms with Gasteiger partial charge in [-0.25, -0.2) is 0 Å². The summed E-state index contributed by atoms with van der Waals surface area (Å²) in [5.41, 5.74) is 0.502. The molecule has 0 unspecified atom stereocenters. The molecule has 0 saturated carbocycles. The third-order valence-corrected chi connectivity index (χ3v) is 1.76. The zero-order chi connectivity index (χ0) is 10.8. The number of aliphatic imine (C=N–C) groups is 1. The highest BCUT2D eigenvalue weighted by molar-refractivity contribution is 6.30. The van der Waals surface area contributed by atoms with Crippen LogP contribution in [-0.4, -0.2) is 11.3 Å². The molecule has 2 nitrogen and oxygen atoms in total. The lowest BCUT2D eigenvalue weighted by molar-refractivity contribution is 0.477. The Bertz CT molecular complexity index is 353. The van der Waals surface area contributed by atoms with E-state index < -0.39 is 0 Å². The summed E-state index contributed by atoms with van der Waals surface area (Å²) in [7, 11) is 0. The molecule has 76 valence electrons. The average molecular weight is 212 g/mol. The third kappa shape index (κ3) is 3.38. The predicted molar refractivity (Wildman–Crippen MR) is 60.7 cm³/mol. The molecule has 0 fully saturated rings. The maximum Gasteiger partial charge on any atom is 0.141 e. The fraction of sp³-hybridized carbons (Fsp3) is 0.364. The van der Waals surface area contributed by atoms with Gasteiger partial charge >= 0.3 is 0 Å². The molecule has 1 rings (SSSR count). The Morgan fingerprint density at radius 3 is 2.57 bits per heavy atom. The van der Waals surface area contributed by atoms with E-state index in [0.29, 0.717) is 10.7 Å². The van der Waals surface area contributed by atoms with Crippen LogP contribution < -0.4 is 0 Å². The summed E-state index contributed by atoms with van der Waals surface area (Å²) in [4.78, 5) is 4.18. The lowest BCUT2D eigenvalue weighted by atomic mass is 9.99. The largest absolute Gasteiger partial charge is 0.506 e. The molecule has 3 heteroatoms. The highest BCUT2D eigenvalue weighted by Crippen LogP contribution is 2.29. The van der Waals surface area contributed by atoms with E-state index in [1.54, 1.807) is 18.3 Å². The SMILES string of the molecule is CC(C)(C)C=Nc1cc(Cl)ccc1O. The lowest BCUT2D eigenvalue weighted by Crippen LogP contribution is -2.05. The van der Waals surface area contributed by atoms with Crippen LogP contribution in [0.3, 0.4) is 0 Å². The van der Waals surface area contributed by atoms with Crippen molar-refractivity contribution in [3.8, 4) is 5.75 Å². The Labute approximate surface area is 89.2 Å². The van der Waals surface area contributed by atoms with Crippen molar-refractivity contribution in [2.75, 3.05) is 0 Å². The molecule has 0 spiro atoms. The number of hydrogen-bond donors (Lipinski definition) is 1. The maximum absolute atomic E-state index is 9.46. The number of halogens is 1. The Balaban J connectivity index is 2.97. The van der Waals surface area contributed by atoms with Gasteiger partial charge in [0.05, 0.1) is 0 Å². The Hall–Kier alpha value is -1.02. The first-order valence-electron chi connectivity index (χ1n) is 4.42. The second-order valence-corrected chi connectivity index (χ2v) is 4.69. The summed E-state index contributed by atoms with van der Waals surface area (Å²) in [5.74, 6) is 0.148. The molecule has 0 bridgehead atoms. The van der Waals surface area contributed by atoms with Gasteiger partial charge in [-0.15, -0.1) is 0 Å². The van der Waals surface area contributed by atoms with Gasteiger partial charge in [0, 0.05) is 11.2 Å². The zero-order valence-electron chi connectivity index (χ0n) is 8.58. The van der Waals surface area contributed by atoms with Gasteiger partial charge in [0.25, 0.3) is 0 Å². The number of aromatic hydroxyl groups is 1. The van der Waals surface area contributed by atoms with Gasteiger partial charge in [0.2, 0.25) is 0 Å². The monoisotopic (exact) mass is 211 g/mol. The van der Waals surface area contributed by atoms with Gasteiger partial charge in [-0.3, -0.25) is 4.99 Å². The van der Waals surface area contributed by atoms with Crippen LogP contribution in [0.4, 0.5) is 5.69 Å². The number of phenols is 1. The van der Waals surface area contributed by atoms with Crippen molar-refractivity contribution in [3.05, 3.63) is 23.2 Å². The predicted octanol–water partition coefficient (Wildman–Crippen LogP) is 3.79. The molecule has 0 radical (unpaired) electrons. The number of nitrogens with zero attached hydrogens (tertiary/aromatic N) is 1. The second-order valence-electron chi connectivity index (χ2n) is 4.26. The number of hydrogen-bond acceptors (Lipinski definition) is 2. The summed E-state index contributed by atoms with van der Waals surface area (Å²) in [6.07, 6.45) is 1.79.